The Bertz CT molecular complexity index is 419. The number of H-pyrrole nitrogens is 1. The van der Waals surface area contributed by atoms with Gasteiger partial charge in [0, 0.05) is 17.5 Å². The first-order valence-electron chi connectivity index (χ1n) is 6.86. The molecule has 0 aliphatic heterocycles. The lowest BCUT2D eigenvalue weighted by atomic mass is 9.86. The maximum absolute atomic E-state index is 10.7. The van der Waals surface area contributed by atoms with E-state index in [9.17, 15) is 4.79 Å². The van der Waals surface area contributed by atoms with Crippen LogP contribution in [0.5, 0.6) is 0 Å². The number of aromatic nitrogens is 2. The van der Waals surface area contributed by atoms with Crippen molar-refractivity contribution in [3.63, 3.8) is 0 Å². The van der Waals surface area contributed by atoms with E-state index in [0.29, 0.717) is 5.92 Å². The first kappa shape index (κ1) is 13.1. The van der Waals surface area contributed by atoms with Gasteiger partial charge in [0.05, 0.1) is 12.1 Å². The van der Waals surface area contributed by atoms with E-state index in [4.69, 9.17) is 5.11 Å². The zero-order chi connectivity index (χ0) is 13.1. The Labute approximate surface area is 108 Å². The number of nitrogens with zero attached hydrogens (tertiary/aromatic N) is 1. The molecule has 1 fully saturated rings. The maximum Gasteiger partial charge on any atom is 0.304 e. The third kappa shape index (κ3) is 2.92. The second kappa shape index (κ2) is 5.55. The summed E-state index contributed by atoms with van der Waals surface area (Å²) in [6.07, 6.45) is 6.49. The lowest BCUT2D eigenvalue weighted by Gasteiger charge is -2.20. The monoisotopic (exact) mass is 250 g/mol. The number of rotatable bonds is 4. The summed E-state index contributed by atoms with van der Waals surface area (Å²) in [6, 6.07) is 0. The topological polar surface area (TPSA) is 66.0 Å². The van der Waals surface area contributed by atoms with Crippen molar-refractivity contribution in [2.75, 3.05) is 0 Å². The van der Waals surface area contributed by atoms with Crippen LogP contribution >= 0.6 is 0 Å². The van der Waals surface area contributed by atoms with Crippen molar-refractivity contribution in [1.82, 2.24) is 9.97 Å². The molecule has 4 heteroatoms. The molecule has 1 saturated carbocycles. The van der Waals surface area contributed by atoms with Crippen LogP contribution in [-0.2, 0) is 4.79 Å². The predicted molar refractivity (Wildman–Crippen MR) is 69.8 cm³/mol. The van der Waals surface area contributed by atoms with Crippen LogP contribution in [0.3, 0.4) is 0 Å². The fraction of sp³-hybridized carbons (Fsp3) is 0.714. The van der Waals surface area contributed by atoms with Gasteiger partial charge in [-0.1, -0.05) is 26.2 Å². The number of aromatic amines is 1. The minimum absolute atomic E-state index is 0.0430. The Morgan fingerprint density at radius 3 is 2.72 bits per heavy atom. The first-order valence-corrected chi connectivity index (χ1v) is 6.86. The highest BCUT2D eigenvalue weighted by atomic mass is 16.4. The van der Waals surface area contributed by atoms with Crippen molar-refractivity contribution < 1.29 is 9.90 Å². The van der Waals surface area contributed by atoms with Crippen LogP contribution in [0.25, 0.3) is 0 Å². The lowest BCUT2D eigenvalue weighted by Crippen LogP contribution is -2.07. The van der Waals surface area contributed by atoms with E-state index in [0.717, 1.165) is 11.5 Å². The predicted octanol–water partition coefficient (Wildman–Crippen LogP) is 3.34. The van der Waals surface area contributed by atoms with Crippen LogP contribution in [0.2, 0.25) is 0 Å². The molecule has 1 aromatic rings. The molecule has 0 aromatic carbocycles. The van der Waals surface area contributed by atoms with Gasteiger partial charge in [0.1, 0.15) is 5.82 Å². The zero-order valence-electron chi connectivity index (χ0n) is 11.2. The average molecular weight is 250 g/mol. The van der Waals surface area contributed by atoms with Gasteiger partial charge in [0.15, 0.2) is 0 Å². The van der Waals surface area contributed by atoms with E-state index in [1.54, 1.807) is 0 Å². The molecule has 0 amide bonds. The summed E-state index contributed by atoms with van der Waals surface area (Å²) in [7, 11) is 0. The molecular formula is C14H22N2O2. The largest absolute Gasteiger partial charge is 0.481 e. The standard InChI is InChI=1S/C14H22N2O2/c1-9(8-12(17)18)14-15-10(2)13(16-14)11-6-4-3-5-7-11/h9,11H,3-8H2,1-2H3,(H,15,16)(H,17,18). The minimum Gasteiger partial charge on any atom is -0.481 e. The number of aliphatic carboxylic acids is 1. The van der Waals surface area contributed by atoms with Gasteiger partial charge in [-0.25, -0.2) is 4.98 Å². The van der Waals surface area contributed by atoms with Crippen molar-refractivity contribution in [3.05, 3.63) is 17.2 Å². The van der Waals surface area contributed by atoms with Gasteiger partial charge in [0.25, 0.3) is 0 Å². The number of carboxylic acids is 1. The molecule has 1 aliphatic rings. The SMILES string of the molecule is Cc1[nH]c(C(C)CC(=O)O)nc1C1CCCCC1. The highest BCUT2D eigenvalue weighted by Gasteiger charge is 2.22. The third-order valence-electron chi connectivity index (χ3n) is 3.88. The Morgan fingerprint density at radius 1 is 1.44 bits per heavy atom. The van der Waals surface area contributed by atoms with Gasteiger partial charge in [-0.15, -0.1) is 0 Å². The number of aryl methyl sites for hydroxylation is 1. The molecule has 1 atom stereocenters. The molecule has 1 aromatic heterocycles. The van der Waals surface area contributed by atoms with Gasteiger partial charge >= 0.3 is 5.97 Å². The molecule has 2 N–H and O–H groups in total. The molecule has 1 unspecified atom stereocenters. The number of hydrogen-bond acceptors (Lipinski definition) is 2. The molecule has 4 nitrogen and oxygen atoms in total. The van der Waals surface area contributed by atoms with Gasteiger partial charge < -0.3 is 10.1 Å². The lowest BCUT2D eigenvalue weighted by molar-refractivity contribution is -0.137. The van der Waals surface area contributed by atoms with Crippen LogP contribution in [0, 0.1) is 6.92 Å². The minimum atomic E-state index is -0.768. The van der Waals surface area contributed by atoms with E-state index in [2.05, 4.69) is 9.97 Å². The summed E-state index contributed by atoms with van der Waals surface area (Å²) in [5, 5.41) is 8.83. The molecule has 2 rings (SSSR count). The summed E-state index contributed by atoms with van der Waals surface area (Å²) in [5.41, 5.74) is 2.29. The highest BCUT2D eigenvalue weighted by molar-refractivity contribution is 5.67. The second-order valence-electron chi connectivity index (χ2n) is 5.47. The molecule has 1 heterocycles. The molecule has 0 saturated heterocycles. The van der Waals surface area contributed by atoms with E-state index < -0.39 is 5.97 Å². The quantitative estimate of drug-likeness (QED) is 0.861. The van der Waals surface area contributed by atoms with Crippen LogP contribution in [0.4, 0.5) is 0 Å². The second-order valence-corrected chi connectivity index (χ2v) is 5.47. The maximum atomic E-state index is 10.7. The molecule has 0 radical (unpaired) electrons. The Kier molecular flexibility index (Phi) is 4.04. The van der Waals surface area contributed by atoms with E-state index in [1.807, 2.05) is 13.8 Å². The van der Waals surface area contributed by atoms with Crippen LogP contribution in [-0.4, -0.2) is 21.0 Å². The van der Waals surface area contributed by atoms with Gasteiger partial charge in [0.2, 0.25) is 0 Å². The smallest absolute Gasteiger partial charge is 0.304 e. The molecule has 18 heavy (non-hydrogen) atoms. The van der Waals surface area contributed by atoms with E-state index >= 15 is 0 Å². The highest BCUT2D eigenvalue weighted by Crippen LogP contribution is 2.34. The molecular weight excluding hydrogens is 228 g/mol. The Morgan fingerprint density at radius 2 is 2.11 bits per heavy atom. The average Bonchev–Trinajstić information content (AvgIpc) is 2.72. The van der Waals surface area contributed by atoms with E-state index in [1.165, 1.54) is 37.8 Å². The van der Waals surface area contributed by atoms with Gasteiger partial charge in [-0.2, -0.15) is 0 Å². The fourth-order valence-electron chi connectivity index (χ4n) is 2.86. The van der Waals surface area contributed by atoms with Crippen molar-refractivity contribution in [2.24, 2.45) is 0 Å². The Hall–Kier alpha value is -1.32. The van der Waals surface area contributed by atoms with Crippen LogP contribution in [0.1, 0.15) is 74.5 Å². The van der Waals surface area contributed by atoms with Crippen molar-refractivity contribution in [2.45, 2.75) is 64.2 Å². The fourth-order valence-corrected chi connectivity index (χ4v) is 2.86. The van der Waals surface area contributed by atoms with Crippen LogP contribution < -0.4 is 0 Å². The summed E-state index contributed by atoms with van der Waals surface area (Å²) < 4.78 is 0. The van der Waals surface area contributed by atoms with Gasteiger partial charge in [-0.05, 0) is 19.8 Å². The molecule has 0 spiro atoms. The van der Waals surface area contributed by atoms with Gasteiger partial charge in [-0.3, -0.25) is 4.79 Å². The number of nitrogens with one attached hydrogen (secondary N) is 1. The number of imidazole rings is 1. The van der Waals surface area contributed by atoms with Crippen LogP contribution in [0.15, 0.2) is 0 Å². The summed E-state index contributed by atoms with van der Waals surface area (Å²) in [6.45, 7) is 3.96. The molecule has 0 bridgehead atoms. The molecule has 1 aliphatic carbocycles. The Balaban J connectivity index is 2.12. The normalized spacial score (nSPS) is 18.8. The van der Waals surface area contributed by atoms with Crippen molar-refractivity contribution in [3.8, 4) is 0 Å². The third-order valence-corrected chi connectivity index (χ3v) is 3.88. The first-order chi connectivity index (χ1) is 8.58. The number of carbonyl (C=O) groups is 1. The van der Waals surface area contributed by atoms with E-state index in [-0.39, 0.29) is 12.3 Å². The summed E-state index contributed by atoms with van der Waals surface area (Å²) >= 11 is 0. The summed E-state index contributed by atoms with van der Waals surface area (Å²) in [4.78, 5) is 18.7. The molecule has 100 valence electrons. The zero-order valence-corrected chi connectivity index (χ0v) is 11.2. The summed E-state index contributed by atoms with van der Waals surface area (Å²) in [5.74, 6) is 0.588. The number of hydrogen-bond donors (Lipinski definition) is 2. The van der Waals surface area contributed by atoms with Crippen molar-refractivity contribution in [1.29, 1.82) is 0 Å². The van der Waals surface area contributed by atoms with Crippen molar-refractivity contribution >= 4 is 5.97 Å². The number of carboxylic acid groups (broad SMARTS) is 1.